The van der Waals surface area contributed by atoms with E-state index in [0.29, 0.717) is 30.1 Å². The standard InChI is InChI=1S/C17H16N4O2/c1-12-2-7-16(20-19-12)23-15-8-9-21(11-15)17(22)14-5-3-13(10-18)4-6-14/h2-7,15H,8-9,11H2,1H3/t15-/m0/s1. The molecule has 3 rings (SSSR count). The van der Waals surface area contributed by atoms with Gasteiger partial charge in [-0.1, -0.05) is 0 Å². The molecule has 0 bridgehead atoms. The summed E-state index contributed by atoms with van der Waals surface area (Å²) < 4.78 is 5.77. The molecule has 6 heteroatoms. The Kier molecular flexibility index (Phi) is 4.20. The van der Waals surface area contributed by atoms with E-state index in [9.17, 15) is 4.79 Å². The van der Waals surface area contributed by atoms with Crippen LogP contribution in [0.5, 0.6) is 5.88 Å². The van der Waals surface area contributed by atoms with E-state index in [-0.39, 0.29) is 12.0 Å². The van der Waals surface area contributed by atoms with Gasteiger partial charge in [0.15, 0.2) is 0 Å². The number of amides is 1. The molecule has 2 aromatic rings. The number of carbonyl (C=O) groups excluding carboxylic acids is 1. The number of aryl methyl sites for hydroxylation is 1. The van der Waals surface area contributed by atoms with E-state index >= 15 is 0 Å². The van der Waals surface area contributed by atoms with Gasteiger partial charge in [0.25, 0.3) is 5.91 Å². The van der Waals surface area contributed by atoms with Gasteiger partial charge in [-0.05, 0) is 37.3 Å². The van der Waals surface area contributed by atoms with Gasteiger partial charge in [-0.25, -0.2) is 0 Å². The molecule has 0 spiro atoms. The average Bonchev–Trinajstić information content (AvgIpc) is 3.05. The van der Waals surface area contributed by atoms with Gasteiger partial charge in [0, 0.05) is 24.6 Å². The average molecular weight is 308 g/mol. The molecule has 23 heavy (non-hydrogen) atoms. The SMILES string of the molecule is Cc1ccc(O[C@H]2CCN(C(=O)c3ccc(C#N)cc3)C2)nn1. The van der Waals surface area contributed by atoms with Gasteiger partial charge in [-0.2, -0.15) is 10.4 Å². The number of rotatable bonds is 3. The molecule has 1 saturated heterocycles. The van der Waals surface area contributed by atoms with E-state index < -0.39 is 0 Å². The highest BCUT2D eigenvalue weighted by molar-refractivity contribution is 5.94. The summed E-state index contributed by atoms with van der Waals surface area (Å²) in [6, 6.07) is 12.3. The number of likely N-dealkylation sites (tertiary alicyclic amines) is 1. The second-order valence-electron chi connectivity index (χ2n) is 5.48. The van der Waals surface area contributed by atoms with E-state index in [1.54, 1.807) is 35.2 Å². The minimum atomic E-state index is -0.0747. The van der Waals surface area contributed by atoms with Crippen molar-refractivity contribution in [2.45, 2.75) is 19.4 Å². The molecular formula is C17H16N4O2. The van der Waals surface area contributed by atoms with Gasteiger partial charge in [0.05, 0.1) is 23.9 Å². The van der Waals surface area contributed by atoms with Crippen LogP contribution in [0.25, 0.3) is 0 Å². The largest absolute Gasteiger partial charge is 0.471 e. The monoisotopic (exact) mass is 308 g/mol. The van der Waals surface area contributed by atoms with Crippen molar-refractivity contribution in [1.29, 1.82) is 5.26 Å². The summed E-state index contributed by atoms with van der Waals surface area (Å²) in [5, 5.41) is 16.7. The summed E-state index contributed by atoms with van der Waals surface area (Å²) in [7, 11) is 0. The fourth-order valence-electron chi connectivity index (χ4n) is 2.50. The number of nitrogens with zero attached hydrogens (tertiary/aromatic N) is 4. The van der Waals surface area contributed by atoms with E-state index in [1.807, 2.05) is 19.1 Å². The van der Waals surface area contributed by atoms with Crippen LogP contribution in [-0.4, -0.2) is 40.2 Å². The normalized spacial score (nSPS) is 16.9. The predicted octanol–water partition coefficient (Wildman–Crippen LogP) is 1.95. The van der Waals surface area contributed by atoms with Gasteiger partial charge < -0.3 is 9.64 Å². The molecule has 1 aromatic heterocycles. The third kappa shape index (κ3) is 3.46. The fraction of sp³-hybridized carbons (Fsp3) is 0.294. The quantitative estimate of drug-likeness (QED) is 0.866. The van der Waals surface area contributed by atoms with E-state index in [0.717, 1.165) is 12.1 Å². The third-order valence-electron chi connectivity index (χ3n) is 3.75. The molecule has 1 atom stereocenters. The molecule has 1 aromatic carbocycles. The summed E-state index contributed by atoms with van der Waals surface area (Å²) >= 11 is 0. The summed E-state index contributed by atoms with van der Waals surface area (Å²) in [5.41, 5.74) is 1.96. The van der Waals surface area contributed by atoms with Gasteiger partial charge in [-0.15, -0.1) is 5.10 Å². The molecule has 6 nitrogen and oxygen atoms in total. The van der Waals surface area contributed by atoms with Crippen LogP contribution < -0.4 is 4.74 Å². The molecule has 0 N–H and O–H groups in total. The molecule has 1 aliphatic heterocycles. The van der Waals surface area contributed by atoms with E-state index in [1.165, 1.54) is 0 Å². The van der Waals surface area contributed by atoms with Crippen LogP contribution in [-0.2, 0) is 0 Å². The molecule has 0 saturated carbocycles. The maximum Gasteiger partial charge on any atom is 0.253 e. The smallest absolute Gasteiger partial charge is 0.253 e. The lowest BCUT2D eigenvalue weighted by molar-refractivity contribution is 0.0771. The number of benzene rings is 1. The Bertz CT molecular complexity index is 735. The number of aromatic nitrogens is 2. The Labute approximate surface area is 134 Å². The van der Waals surface area contributed by atoms with Crippen LogP contribution in [0.4, 0.5) is 0 Å². The Morgan fingerprint density at radius 1 is 1.26 bits per heavy atom. The van der Waals surface area contributed by atoms with E-state index in [2.05, 4.69) is 10.2 Å². The highest BCUT2D eigenvalue weighted by Gasteiger charge is 2.28. The first-order valence-corrected chi connectivity index (χ1v) is 7.42. The number of carbonyl (C=O) groups is 1. The summed E-state index contributed by atoms with van der Waals surface area (Å²) in [6.07, 6.45) is 0.687. The lowest BCUT2D eigenvalue weighted by Gasteiger charge is -2.17. The molecule has 2 heterocycles. The van der Waals surface area contributed by atoms with E-state index in [4.69, 9.17) is 10.00 Å². The van der Waals surface area contributed by atoms with Crippen LogP contribution in [0.15, 0.2) is 36.4 Å². The highest BCUT2D eigenvalue weighted by atomic mass is 16.5. The number of nitriles is 1. The van der Waals surface area contributed by atoms with Gasteiger partial charge in [-0.3, -0.25) is 4.79 Å². The highest BCUT2D eigenvalue weighted by Crippen LogP contribution is 2.18. The second-order valence-corrected chi connectivity index (χ2v) is 5.48. The summed E-state index contributed by atoms with van der Waals surface area (Å²) in [6.45, 7) is 3.03. The van der Waals surface area contributed by atoms with Crippen LogP contribution in [0.3, 0.4) is 0 Å². The third-order valence-corrected chi connectivity index (χ3v) is 3.75. The second kappa shape index (κ2) is 6.44. The summed E-state index contributed by atoms with van der Waals surface area (Å²) in [4.78, 5) is 14.2. The minimum absolute atomic E-state index is 0.0458. The van der Waals surface area contributed by atoms with Crippen molar-refractivity contribution in [2.24, 2.45) is 0 Å². The molecule has 1 aliphatic rings. The Morgan fingerprint density at radius 2 is 2.04 bits per heavy atom. The number of ether oxygens (including phenoxy) is 1. The molecule has 0 unspecified atom stereocenters. The van der Waals surface area contributed by atoms with Crippen molar-refractivity contribution in [3.05, 3.63) is 53.2 Å². The maximum absolute atomic E-state index is 12.4. The zero-order chi connectivity index (χ0) is 16.2. The van der Waals surface area contributed by atoms with Crippen molar-refractivity contribution in [3.8, 4) is 11.9 Å². The van der Waals surface area contributed by atoms with Crippen LogP contribution >= 0.6 is 0 Å². The molecule has 116 valence electrons. The zero-order valence-corrected chi connectivity index (χ0v) is 12.8. The van der Waals surface area contributed by atoms with Crippen LogP contribution in [0, 0.1) is 18.3 Å². The van der Waals surface area contributed by atoms with Crippen LogP contribution in [0.2, 0.25) is 0 Å². The fourth-order valence-corrected chi connectivity index (χ4v) is 2.50. The van der Waals surface area contributed by atoms with Crippen molar-refractivity contribution < 1.29 is 9.53 Å². The Morgan fingerprint density at radius 3 is 2.70 bits per heavy atom. The maximum atomic E-state index is 12.4. The lowest BCUT2D eigenvalue weighted by Crippen LogP contribution is -2.31. The first-order valence-electron chi connectivity index (χ1n) is 7.42. The lowest BCUT2D eigenvalue weighted by atomic mass is 10.1. The Hall–Kier alpha value is -2.94. The molecule has 0 radical (unpaired) electrons. The van der Waals surface area contributed by atoms with Crippen molar-refractivity contribution >= 4 is 5.91 Å². The van der Waals surface area contributed by atoms with Crippen molar-refractivity contribution in [2.75, 3.05) is 13.1 Å². The van der Waals surface area contributed by atoms with Crippen LogP contribution in [0.1, 0.15) is 28.0 Å². The van der Waals surface area contributed by atoms with Gasteiger partial charge >= 0.3 is 0 Å². The molecule has 0 aliphatic carbocycles. The Balaban J connectivity index is 1.61. The zero-order valence-electron chi connectivity index (χ0n) is 12.8. The van der Waals surface area contributed by atoms with Gasteiger partial charge in [0.1, 0.15) is 6.10 Å². The predicted molar refractivity (Wildman–Crippen MR) is 82.9 cm³/mol. The number of hydrogen-bond acceptors (Lipinski definition) is 5. The molecule has 1 amide bonds. The summed E-state index contributed by atoms with van der Waals surface area (Å²) in [5.74, 6) is 0.434. The van der Waals surface area contributed by atoms with Gasteiger partial charge in [0.2, 0.25) is 5.88 Å². The molecular weight excluding hydrogens is 292 g/mol. The topological polar surface area (TPSA) is 79.1 Å². The first-order chi connectivity index (χ1) is 11.2. The first kappa shape index (κ1) is 15.0. The number of hydrogen-bond donors (Lipinski definition) is 0. The molecule has 1 fully saturated rings. The minimum Gasteiger partial charge on any atom is -0.471 e. The van der Waals surface area contributed by atoms with Crippen molar-refractivity contribution in [1.82, 2.24) is 15.1 Å². The van der Waals surface area contributed by atoms with Crippen molar-refractivity contribution in [3.63, 3.8) is 0 Å².